The van der Waals surface area contributed by atoms with Gasteiger partial charge in [-0.1, -0.05) is 23.7 Å². The molecule has 0 saturated carbocycles. The van der Waals surface area contributed by atoms with E-state index in [1.165, 1.54) is 44.2 Å². The van der Waals surface area contributed by atoms with Gasteiger partial charge < -0.3 is 23.5 Å². The number of hydrogen-bond donors (Lipinski definition) is 0. The average Bonchev–Trinajstić information content (AvgIpc) is 2.80. The second kappa shape index (κ2) is 9.53. The zero-order chi connectivity index (χ0) is 22.5. The molecule has 2 aromatic carbocycles. The summed E-state index contributed by atoms with van der Waals surface area (Å²) < 4.78 is 22.3. The minimum absolute atomic E-state index is 0.0175. The number of aromatic nitrogens is 2. The number of ketones is 1. The molecule has 8 nitrogen and oxygen atoms in total. The lowest BCUT2D eigenvalue weighted by Gasteiger charge is -2.14. The summed E-state index contributed by atoms with van der Waals surface area (Å²) in [5.74, 6) is 0.978. The lowest BCUT2D eigenvalue weighted by atomic mass is 10.1. The predicted molar refractivity (Wildman–Crippen MR) is 115 cm³/mol. The maximum atomic E-state index is 13.1. The molecule has 0 aliphatic heterocycles. The van der Waals surface area contributed by atoms with E-state index in [2.05, 4.69) is 4.98 Å². The van der Waals surface area contributed by atoms with Crippen molar-refractivity contribution < 1.29 is 23.7 Å². The van der Waals surface area contributed by atoms with Gasteiger partial charge >= 0.3 is 0 Å². The molecule has 162 valence electrons. The van der Waals surface area contributed by atoms with Crippen LogP contribution in [-0.4, -0.2) is 43.8 Å². The Bertz CT molecular complexity index is 1130. The second-order valence-corrected chi connectivity index (χ2v) is 6.82. The Balaban J connectivity index is 2.03. The van der Waals surface area contributed by atoms with Crippen LogP contribution in [0.2, 0.25) is 5.15 Å². The van der Waals surface area contributed by atoms with Crippen LogP contribution in [0.25, 0.3) is 0 Å². The van der Waals surface area contributed by atoms with Crippen molar-refractivity contribution >= 4 is 17.4 Å². The molecule has 0 atom stereocenters. The van der Waals surface area contributed by atoms with E-state index in [4.69, 9.17) is 30.5 Å². The number of benzene rings is 2. The molecule has 1 heterocycles. The summed E-state index contributed by atoms with van der Waals surface area (Å²) >= 11 is 6.12. The van der Waals surface area contributed by atoms with E-state index < -0.39 is 11.3 Å². The van der Waals surface area contributed by atoms with Crippen LogP contribution >= 0.6 is 11.6 Å². The number of hydrogen-bond acceptors (Lipinski definition) is 7. The van der Waals surface area contributed by atoms with E-state index in [9.17, 15) is 9.59 Å². The number of methoxy groups -OCH3 is 4. The zero-order valence-corrected chi connectivity index (χ0v) is 18.2. The average molecular weight is 445 g/mol. The maximum Gasteiger partial charge on any atom is 0.280 e. The molecule has 0 aliphatic rings. The van der Waals surface area contributed by atoms with Gasteiger partial charge in [-0.3, -0.25) is 9.59 Å². The standard InChI is InChI=1S/C22H21ClN2O6/c1-28-15-7-5-13(6-8-15)11-25-12-18(23)24-19(22(25)27)20(26)14-9-16(29-2)21(31-4)17(10-14)30-3/h5-10,12H,11H2,1-4H3. The number of nitrogens with zero attached hydrogens (tertiary/aromatic N) is 2. The van der Waals surface area contributed by atoms with Crippen molar-refractivity contribution in [2.75, 3.05) is 28.4 Å². The van der Waals surface area contributed by atoms with E-state index >= 15 is 0 Å². The SMILES string of the molecule is COc1ccc(Cn2cc(Cl)nc(C(=O)c3cc(OC)c(OC)c(OC)c3)c2=O)cc1. The van der Waals surface area contributed by atoms with Gasteiger partial charge in [0.05, 0.1) is 35.0 Å². The molecule has 31 heavy (non-hydrogen) atoms. The van der Waals surface area contributed by atoms with Crippen LogP contribution in [0.15, 0.2) is 47.4 Å². The van der Waals surface area contributed by atoms with Crippen LogP contribution in [0.5, 0.6) is 23.0 Å². The van der Waals surface area contributed by atoms with E-state index in [-0.39, 0.29) is 34.5 Å². The number of rotatable bonds is 8. The number of carbonyl (C=O) groups excluding carboxylic acids is 1. The Morgan fingerprint density at radius 1 is 0.968 bits per heavy atom. The van der Waals surface area contributed by atoms with Crippen molar-refractivity contribution in [2.45, 2.75) is 6.54 Å². The van der Waals surface area contributed by atoms with Crippen molar-refractivity contribution in [3.8, 4) is 23.0 Å². The molecule has 1 aromatic heterocycles. The van der Waals surface area contributed by atoms with Gasteiger partial charge in [-0.15, -0.1) is 0 Å². The minimum Gasteiger partial charge on any atom is -0.497 e. The van der Waals surface area contributed by atoms with Gasteiger partial charge in [0.1, 0.15) is 10.9 Å². The summed E-state index contributed by atoms with van der Waals surface area (Å²) in [7, 11) is 5.90. The highest BCUT2D eigenvalue weighted by Crippen LogP contribution is 2.38. The fourth-order valence-electron chi connectivity index (χ4n) is 3.05. The van der Waals surface area contributed by atoms with Crippen LogP contribution in [0.1, 0.15) is 21.6 Å². The fraction of sp³-hybridized carbons (Fsp3) is 0.227. The van der Waals surface area contributed by atoms with Crippen molar-refractivity contribution in [1.29, 1.82) is 0 Å². The Morgan fingerprint density at radius 3 is 2.10 bits per heavy atom. The van der Waals surface area contributed by atoms with Crippen molar-refractivity contribution in [3.63, 3.8) is 0 Å². The van der Waals surface area contributed by atoms with Gasteiger partial charge in [0.25, 0.3) is 5.56 Å². The Kier molecular flexibility index (Phi) is 6.81. The third-order valence-electron chi connectivity index (χ3n) is 4.60. The quantitative estimate of drug-likeness (QED) is 0.493. The lowest BCUT2D eigenvalue weighted by Crippen LogP contribution is -2.28. The van der Waals surface area contributed by atoms with Crippen LogP contribution in [0, 0.1) is 0 Å². The van der Waals surface area contributed by atoms with Crippen LogP contribution < -0.4 is 24.5 Å². The molecule has 0 unspecified atom stereocenters. The summed E-state index contributed by atoms with van der Waals surface area (Å²) in [5.41, 5.74) is 0.1000. The molecule has 0 fully saturated rings. The first-order valence-corrected chi connectivity index (χ1v) is 9.54. The smallest absolute Gasteiger partial charge is 0.280 e. The monoisotopic (exact) mass is 444 g/mol. The summed E-state index contributed by atoms with van der Waals surface area (Å²) in [6.45, 7) is 0.209. The molecule has 3 rings (SSSR count). The summed E-state index contributed by atoms with van der Waals surface area (Å²) in [4.78, 5) is 30.1. The van der Waals surface area contributed by atoms with Crippen LogP contribution in [-0.2, 0) is 6.54 Å². The molecule has 3 aromatic rings. The summed E-state index contributed by atoms with van der Waals surface area (Å²) in [5, 5.41) is 0.0175. The van der Waals surface area contributed by atoms with Gasteiger partial charge in [-0.05, 0) is 29.8 Å². The van der Waals surface area contributed by atoms with Crippen LogP contribution in [0.3, 0.4) is 0 Å². The largest absolute Gasteiger partial charge is 0.497 e. The van der Waals surface area contributed by atoms with Crippen LogP contribution in [0.4, 0.5) is 0 Å². The van der Waals surface area contributed by atoms with E-state index in [0.717, 1.165) is 5.56 Å². The second-order valence-electron chi connectivity index (χ2n) is 6.44. The Labute approximate surface area is 183 Å². The van der Waals surface area contributed by atoms with Crippen molar-refractivity contribution in [1.82, 2.24) is 9.55 Å². The Morgan fingerprint density at radius 2 is 1.58 bits per heavy atom. The number of carbonyl (C=O) groups is 1. The predicted octanol–water partition coefficient (Wildman–Crippen LogP) is 3.21. The first kappa shape index (κ1) is 22.2. The normalized spacial score (nSPS) is 10.5. The third-order valence-corrected chi connectivity index (χ3v) is 4.78. The van der Waals surface area contributed by atoms with Crippen molar-refractivity contribution in [2.24, 2.45) is 0 Å². The molecule has 0 spiro atoms. The highest BCUT2D eigenvalue weighted by atomic mass is 35.5. The fourth-order valence-corrected chi connectivity index (χ4v) is 3.25. The summed E-state index contributed by atoms with van der Waals surface area (Å²) in [6.07, 6.45) is 1.39. The molecule has 0 radical (unpaired) electrons. The van der Waals surface area contributed by atoms with Gasteiger partial charge in [0, 0.05) is 11.8 Å². The molecule has 0 amide bonds. The van der Waals surface area contributed by atoms with E-state index in [0.29, 0.717) is 11.5 Å². The molecule has 9 heteroatoms. The van der Waals surface area contributed by atoms with E-state index in [1.54, 1.807) is 19.2 Å². The molecule has 0 N–H and O–H groups in total. The lowest BCUT2D eigenvalue weighted by molar-refractivity contribution is 0.103. The molecular formula is C22H21ClN2O6. The first-order valence-electron chi connectivity index (χ1n) is 9.16. The van der Waals surface area contributed by atoms with Gasteiger partial charge in [0.15, 0.2) is 17.2 Å². The minimum atomic E-state index is -0.616. The van der Waals surface area contributed by atoms with Gasteiger partial charge in [-0.25, -0.2) is 4.98 Å². The maximum absolute atomic E-state index is 13.1. The molecular weight excluding hydrogens is 424 g/mol. The highest BCUT2D eigenvalue weighted by Gasteiger charge is 2.22. The summed E-state index contributed by atoms with van der Waals surface area (Å²) in [6, 6.07) is 10.1. The van der Waals surface area contributed by atoms with Gasteiger partial charge in [-0.2, -0.15) is 0 Å². The number of ether oxygens (including phenoxy) is 4. The topological polar surface area (TPSA) is 88.9 Å². The third kappa shape index (κ3) is 4.64. The molecule has 0 aliphatic carbocycles. The van der Waals surface area contributed by atoms with Gasteiger partial charge in [0.2, 0.25) is 11.5 Å². The van der Waals surface area contributed by atoms with E-state index in [1.807, 2.05) is 12.1 Å². The number of halogens is 1. The highest BCUT2D eigenvalue weighted by molar-refractivity contribution is 6.29. The molecule has 0 saturated heterocycles. The Hall–Kier alpha value is -3.52. The zero-order valence-electron chi connectivity index (χ0n) is 17.5. The van der Waals surface area contributed by atoms with Crippen molar-refractivity contribution in [3.05, 3.63) is 74.9 Å². The molecule has 0 bridgehead atoms. The first-order chi connectivity index (χ1) is 14.9.